The summed E-state index contributed by atoms with van der Waals surface area (Å²) in [5.74, 6) is -3.55. The van der Waals surface area contributed by atoms with Crippen LogP contribution in [0.4, 0.5) is 8.78 Å². The lowest BCUT2D eigenvalue weighted by atomic mass is 9.88. The number of carbonyl (C=O) groups excluding carboxylic acids is 1. The van der Waals surface area contributed by atoms with Crippen LogP contribution in [0.3, 0.4) is 0 Å². The lowest BCUT2D eigenvalue weighted by Crippen LogP contribution is -2.51. The van der Waals surface area contributed by atoms with E-state index in [1.165, 1.54) is 19.9 Å². The molecular formula is C16H25F2O7P. The Morgan fingerprint density at radius 3 is 2.27 bits per heavy atom. The van der Waals surface area contributed by atoms with Crippen LogP contribution in [0.2, 0.25) is 0 Å². The summed E-state index contributed by atoms with van der Waals surface area (Å²) in [4.78, 5) is 11.5. The van der Waals surface area contributed by atoms with Gasteiger partial charge in [-0.05, 0) is 27.7 Å². The first-order valence-corrected chi connectivity index (χ1v) is 10.00. The van der Waals surface area contributed by atoms with Crippen molar-refractivity contribution >= 4 is 13.6 Å². The van der Waals surface area contributed by atoms with Crippen molar-refractivity contribution in [1.29, 1.82) is 0 Å². The van der Waals surface area contributed by atoms with Crippen molar-refractivity contribution in [3.05, 3.63) is 12.2 Å². The number of hydrogen-bond acceptors (Lipinski definition) is 7. The van der Waals surface area contributed by atoms with Crippen LogP contribution in [0.1, 0.15) is 34.6 Å². The van der Waals surface area contributed by atoms with Gasteiger partial charge in [-0.15, -0.1) is 0 Å². The van der Waals surface area contributed by atoms with Crippen LogP contribution in [0.25, 0.3) is 0 Å². The molecule has 1 saturated heterocycles. The van der Waals surface area contributed by atoms with E-state index >= 15 is 8.78 Å². The van der Waals surface area contributed by atoms with Gasteiger partial charge in [0.2, 0.25) is 0 Å². The molecule has 0 bridgehead atoms. The molecule has 0 saturated carbocycles. The van der Waals surface area contributed by atoms with Crippen molar-refractivity contribution in [2.75, 3.05) is 13.2 Å². The highest BCUT2D eigenvalue weighted by molar-refractivity contribution is 7.55. The van der Waals surface area contributed by atoms with Crippen molar-refractivity contribution in [2.24, 2.45) is 5.92 Å². The second-order valence-electron chi connectivity index (χ2n) is 6.47. The summed E-state index contributed by atoms with van der Waals surface area (Å²) < 4.78 is 69.3. The van der Waals surface area contributed by atoms with E-state index in [4.69, 9.17) is 23.3 Å². The van der Waals surface area contributed by atoms with Gasteiger partial charge in [0.15, 0.2) is 5.79 Å². The second kappa shape index (κ2) is 7.64. The number of alkyl halides is 2. The summed E-state index contributed by atoms with van der Waals surface area (Å²) in [5, 5.41) is 0. The number of rotatable bonds is 7. The van der Waals surface area contributed by atoms with E-state index < -0.39 is 49.2 Å². The van der Waals surface area contributed by atoms with Gasteiger partial charge in [0.05, 0.1) is 19.1 Å². The zero-order valence-corrected chi connectivity index (χ0v) is 16.3. The Morgan fingerprint density at radius 1 is 1.19 bits per heavy atom. The van der Waals surface area contributed by atoms with Crippen LogP contribution >= 0.6 is 7.60 Å². The first-order chi connectivity index (χ1) is 12.0. The van der Waals surface area contributed by atoms with E-state index in [2.05, 4.69) is 0 Å². The summed E-state index contributed by atoms with van der Waals surface area (Å²) in [6.45, 7) is 6.79. The zero-order valence-electron chi connectivity index (χ0n) is 15.4. The van der Waals surface area contributed by atoms with Crippen LogP contribution < -0.4 is 0 Å². The van der Waals surface area contributed by atoms with Crippen molar-refractivity contribution in [2.45, 2.75) is 64.4 Å². The van der Waals surface area contributed by atoms with Crippen molar-refractivity contribution in [1.82, 2.24) is 0 Å². The van der Waals surface area contributed by atoms with Gasteiger partial charge in [-0.25, -0.2) is 0 Å². The second-order valence-corrected chi connectivity index (χ2v) is 8.58. The molecule has 0 aromatic heterocycles. The smallest absolute Gasteiger partial charge is 0.400 e. The average molecular weight is 398 g/mol. The number of fused-ring (bicyclic) bond motifs is 1. The minimum atomic E-state index is -4.81. The summed E-state index contributed by atoms with van der Waals surface area (Å²) in [6, 6.07) is 0. The molecule has 0 aromatic rings. The number of hydrogen-bond donors (Lipinski definition) is 0. The highest BCUT2D eigenvalue weighted by Gasteiger charge is 2.64. The third-order valence-corrected chi connectivity index (χ3v) is 6.24. The maximum Gasteiger partial charge on any atom is 0.400 e. The molecule has 0 aromatic carbocycles. The van der Waals surface area contributed by atoms with Gasteiger partial charge in [-0.1, -0.05) is 12.2 Å². The molecule has 0 unspecified atom stereocenters. The summed E-state index contributed by atoms with van der Waals surface area (Å²) in [5.41, 5.74) is -3.93. The molecule has 1 aliphatic heterocycles. The topological polar surface area (TPSA) is 80.3 Å². The predicted molar refractivity (Wildman–Crippen MR) is 87.8 cm³/mol. The first-order valence-electron chi connectivity index (χ1n) is 8.45. The molecule has 0 spiro atoms. The van der Waals surface area contributed by atoms with E-state index in [1.54, 1.807) is 13.8 Å². The number of carbonyl (C=O) groups is 1. The van der Waals surface area contributed by atoms with Gasteiger partial charge in [0.25, 0.3) is 0 Å². The molecule has 1 aliphatic carbocycles. The van der Waals surface area contributed by atoms with Crippen LogP contribution in [0.15, 0.2) is 12.2 Å². The Hall–Kier alpha value is -0.860. The molecule has 0 N–H and O–H groups in total. The largest absolute Gasteiger partial charge is 0.459 e. The van der Waals surface area contributed by atoms with Gasteiger partial charge < -0.3 is 23.3 Å². The van der Waals surface area contributed by atoms with Crippen LogP contribution in [-0.2, 0) is 32.6 Å². The number of halogens is 2. The first kappa shape index (κ1) is 21.4. The lowest BCUT2D eigenvalue weighted by molar-refractivity contribution is -0.181. The van der Waals surface area contributed by atoms with Gasteiger partial charge in [-0.3, -0.25) is 9.36 Å². The van der Waals surface area contributed by atoms with E-state index in [9.17, 15) is 9.36 Å². The fourth-order valence-electron chi connectivity index (χ4n) is 3.14. The van der Waals surface area contributed by atoms with Crippen molar-refractivity contribution in [3.8, 4) is 0 Å². The van der Waals surface area contributed by atoms with Gasteiger partial charge >= 0.3 is 19.2 Å². The Labute approximate surface area is 151 Å². The van der Waals surface area contributed by atoms with E-state index in [-0.39, 0.29) is 13.2 Å². The summed E-state index contributed by atoms with van der Waals surface area (Å²) in [7, 11) is -4.81. The fourth-order valence-corrected chi connectivity index (χ4v) is 4.84. The molecule has 150 valence electrons. The molecule has 7 nitrogen and oxygen atoms in total. The molecule has 4 atom stereocenters. The van der Waals surface area contributed by atoms with Crippen LogP contribution in [0.5, 0.6) is 0 Å². The quantitative estimate of drug-likeness (QED) is 0.369. The Kier molecular flexibility index (Phi) is 6.30. The molecule has 10 heteroatoms. The molecular weight excluding hydrogens is 373 g/mol. The highest BCUT2D eigenvalue weighted by Crippen LogP contribution is 2.66. The normalized spacial score (nSPS) is 30.9. The molecule has 26 heavy (non-hydrogen) atoms. The molecule has 1 heterocycles. The Bertz CT molecular complexity index is 597. The average Bonchev–Trinajstić information content (AvgIpc) is 2.82. The number of ether oxygens (including phenoxy) is 3. The molecule has 0 amide bonds. The molecule has 2 rings (SSSR count). The third-order valence-electron chi connectivity index (χ3n) is 4.02. The SMILES string of the molecule is CCOP(=O)(OCC)C(F)(F)[C@@H]1C=C[C@H]2OC(C)(C)O[C@H]2[C@@H]1OC(C)=O. The van der Waals surface area contributed by atoms with E-state index in [0.29, 0.717) is 0 Å². The fraction of sp³-hybridized carbons (Fsp3) is 0.812. The van der Waals surface area contributed by atoms with Gasteiger partial charge in [0, 0.05) is 6.92 Å². The zero-order chi connectivity index (χ0) is 19.8. The maximum absolute atomic E-state index is 15.2. The standard InChI is InChI=1S/C16H25F2O7P/c1-6-21-26(20,22-7-2)16(17,18)11-8-9-12-14(13(11)23-10(3)19)25-15(4,5)24-12/h8-9,11-14H,6-7H2,1-5H3/t11-,12-,13-,14-/m1/s1. The van der Waals surface area contributed by atoms with Gasteiger partial charge in [-0.2, -0.15) is 8.78 Å². The molecule has 1 fully saturated rings. The van der Waals surface area contributed by atoms with Crippen molar-refractivity contribution < 1.29 is 41.4 Å². The Morgan fingerprint density at radius 2 is 1.77 bits per heavy atom. The van der Waals surface area contributed by atoms with E-state index in [0.717, 1.165) is 13.0 Å². The highest BCUT2D eigenvalue weighted by atomic mass is 31.2. The van der Waals surface area contributed by atoms with Gasteiger partial charge in [0.1, 0.15) is 18.3 Å². The monoisotopic (exact) mass is 398 g/mol. The minimum absolute atomic E-state index is 0.222. The summed E-state index contributed by atoms with van der Waals surface area (Å²) >= 11 is 0. The maximum atomic E-state index is 15.2. The minimum Gasteiger partial charge on any atom is -0.459 e. The molecule has 0 radical (unpaired) electrons. The summed E-state index contributed by atoms with van der Waals surface area (Å²) in [6.07, 6.45) is -0.510. The predicted octanol–water partition coefficient (Wildman–Crippen LogP) is 3.48. The third kappa shape index (κ3) is 4.02. The van der Waals surface area contributed by atoms with Crippen LogP contribution in [0, 0.1) is 5.92 Å². The Balaban J connectivity index is 2.43. The number of esters is 1. The van der Waals surface area contributed by atoms with Crippen LogP contribution in [-0.4, -0.2) is 48.9 Å². The lowest BCUT2D eigenvalue weighted by Gasteiger charge is -2.39. The van der Waals surface area contributed by atoms with Crippen molar-refractivity contribution in [3.63, 3.8) is 0 Å². The molecule has 2 aliphatic rings. The van der Waals surface area contributed by atoms with E-state index in [1.807, 2.05) is 0 Å².